The lowest BCUT2D eigenvalue weighted by atomic mass is 10.3. The normalized spacial score (nSPS) is 10.3. The number of hydrogen-bond acceptors (Lipinski definition) is 3. The van der Waals surface area contributed by atoms with Gasteiger partial charge in [-0.25, -0.2) is 0 Å². The Hall–Kier alpha value is -1.94. The number of para-hydroxylation sites is 1. The summed E-state index contributed by atoms with van der Waals surface area (Å²) in [6, 6.07) is 10.6. The van der Waals surface area contributed by atoms with Gasteiger partial charge in [0, 0.05) is 6.54 Å². The summed E-state index contributed by atoms with van der Waals surface area (Å²) < 4.78 is 11.0. The van der Waals surface area contributed by atoms with Gasteiger partial charge in [0.1, 0.15) is 18.1 Å². The Bertz CT molecular complexity index is 580. The van der Waals surface area contributed by atoms with Crippen LogP contribution in [0.1, 0.15) is 29.7 Å². The molecule has 1 aromatic carbocycles. The third-order valence-electron chi connectivity index (χ3n) is 2.63. The molecule has 1 amide bonds. The highest BCUT2D eigenvalue weighted by Crippen LogP contribution is 2.24. The van der Waals surface area contributed by atoms with E-state index in [9.17, 15) is 4.79 Å². The molecule has 0 fully saturated rings. The van der Waals surface area contributed by atoms with Crippen LogP contribution in [0.4, 0.5) is 0 Å². The van der Waals surface area contributed by atoms with Gasteiger partial charge in [0.25, 0.3) is 5.91 Å². The van der Waals surface area contributed by atoms with Crippen molar-refractivity contribution in [3.8, 4) is 5.75 Å². The molecule has 1 N–H and O–H groups in total. The van der Waals surface area contributed by atoms with Crippen molar-refractivity contribution in [2.45, 2.75) is 20.0 Å². The molecule has 1 heterocycles. The smallest absolute Gasteiger partial charge is 0.286 e. The van der Waals surface area contributed by atoms with Gasteiger partial charge in [-0.1, -0.05) is 30.7 Å². The number of ether oxygens (including phenoxy) is 1. The molecule has 2 aromatic rings. The first-order valence-corrected chi connectivity index (χ1v) is 6.82. The molecule has 0 aliphatic heterocycles. The maximum atomic E-state index is 11.7. The standard InChI is InChI=1S/C15H16ClNO3/c1-2-9-17-15(18)14-8-7-11(20-14)10-19-13-6-4-3-5-12(13)16/h3-8H,2,9-10H2,1H3,(H,17,18). The van der Waals surface area contributed by atoms with Crippen LogP contribution in [0, 0.1) is 0 Å². The van der Waals surface area contributed by atoms with Crippen molar-refractivity contribution in [2.75, 3.05) is 6.54 Å². The average molecular weight is 294 g/mol. The topological polar surface area (TPSA) is 51.5 Å². The molecule has 106 valence electrons. The minimum absolute atomic E-state index is 0.212. The highest BCUT2D eigenvalue weighted by atomic mass is 35.5. The number of amides is 1. The predicted octanol–water partition coefficient (Wildman–Crippen LogP) is 3.65. The predicted molar refractivity (Wildman–Crippen MR) is 77.1 cm³/mol. The van der Waals surface area contributed by atoms with Crippen molar-refractivity contribution < 1.29 is 13.9 Å². The quantitative estimate of drug-likeness (QED) is 0.884. The SMILES string of the molecule is CCCNC(=O)c1ccc(COc2ccccc2Cl)o1. The van der Waals surface area contributed by atoms with Gasteiger partial charge < -0.3 is 14.5 Å². The Morgan fingerprint density at radius 1 is 1.30 bits per heavy atom. The Morgan fingerprint density at radius 2 is 2.10 bits per heavy atom. The fourth-order valence-corrected chi connectivity index (χ4v) is 1.80. The van der Waals surface area contributed by atoms with E-state index in [0.717, 1.165) is 6.42 Å². The van der Waals surface area contributed by atoms with Crippen LogP contribution in [0.25, 0.3) is 0 Å². The van der Waals surface area contributed by atoms with E-state index in [1.165, 1.54) is 0 Å². The number of furan rings is 1. The number of carbonyl (C=O) groups is 1. The molecule has 5 heteroatoms. The zero-order valence-electron chi connectivity index (χ0n) is 11.2. The molecule has 20 heavy (non-hydrogen) atoms. The summed E-state index contributed by atoms with van der Waals surface area (Å²) in [5.74, 6) is 1.24. The minimum atomic E-state index is -0.212. The number of hydrogen-bond donors (Lipinski definition) is 1. The second kappa shape index (κ2) is 7.01. The first-order valence-electron chi connectivity index (χ1n) is 6.45. The monoisotopic (exact) mass is 293 g/mol. The molecule has 0 aliphatic carbocycles. The van der Waals surface area contributed by atoms with E-state index in [1.54, 1.807) is 24.3 Å². The van der Waals surface area contributed by atoms with Crippen LogP contribution in [0.3, 0.4) is 0 Å². The molecular formula is C15H16ClNO3. The molecule has 0 radical (unpaired) electrons. The molecule has 0 saturated heterocycles. The molecule has 0 unspecified atom stereocenters. The lowest BCUT2D eigenvalue weighted by Crippen LogP contribution is -2.23. The van der Waals surface area contributed by atoms with Crippen LogP contribution in [-0.4, -0.2) is 12.5 Å². The third kappa shape index (κ3) is 3.78. The zero-order chi connectivity index (χ0) is 14.4. The maximum absolute atomic E-state index is 11.7. The van der Waals surface area contributed by atoms with Gasteiger partial charge >= 0.3 is 0 Å². The molecular weight excluding hydrogens is 278 g/mol. The second-order valence-electron chi connectivity index (χ2n) is 4.24. The van der Waals surface area contributed by atoms with Gasteiger partial charge in [0.15, 0.2) is 5.76 Å². The van der Waals surface area contributed by atoms with E-state index in [-0.39, 0.29) is 18.3 Å². The Labute approximate surface area is 122 Å². The van der Waals surface area contributed by atoms with E-state index in [2.05, 4.69) is 5.32 Å². The van der Waals surface area contributed by atoms with Gasteiger partial charge in [-0.2, -0.15) is 0 Å². The third-order valence-corrected chi connectivity index (χ3v) is 2.94. The van der Waals surface area contributed by atoms with Crippen LogP contribution >= 0.6 is 11.6 Å². The van der Waals surface area contributed by atoms with Crippen LogP contribution in [0.15, 0.2) is 40.8 Å². The summed E-state index contributed by atoms with van der Waals surface area (Å²) in [7, 11) is 0. The number of benzene rings is 1. The van der Waals surface area contributed by atoms with Crippen LogP contribution in [0.2, 0.25) is 5.02 Å². The Kier molecular flexibility index (Phi) is 5.07. The van der Waals surface area contributed by atoms with Gasteiger partial charge in [-0.3, -0.25) is 4.79 Å². The average Bonchev–Trinajstić information content (AvgIpc) is 2.93. The summed E-state index contributed by atoms with van der Waals surface area (Å²) in [6.45, 7) is 2.85. The molecule has 0 spiro atoms. The molecule has 0 saturated carbocycles. The summed E-state index contributed by atoms with van der Waals surface area (Å²) in [5, 5.41) is 3.29. The van der Waals surface area contributed by atoms with Crippen molar-refractivity contribution in [1.29, 1.82) is 0 Å². The van der Waals surface area contributed by atoms with Crippen molar-refractivity contribution in [2.24, 2.45) is 0 Å². The van der Waals surface area contributed by atoms with Crippen molar-refractivity contribution >= 4 is 17.5 Å². The molecule has 4 nitrogen and oxygen atoms in total. The molecule has 0 atom stereocenters. The van der Waals surface area contributed by atoms with Gasteiger partial charge in [-0.15, -0.1) is 0 Å². The number of halogens is 1. The van der Waals surface area contributed by atoms with Crippen LogP contribution in [-0.2, 0) is 6.61 Å². The van der Waals surface area contributed by atoms with Crippen molar-refractivity contribution in [3.63, 3.8) is 0 Å². The lowest BCUT2D eigenvalue weighted by Gasteiger charge is -2.05. The summed E-state index contributed by atoms with van der Waals surface area (Å²) in [4.78, 5) is 11.7. The molecule has 0 aliphatic rings. The van der Waals surface area contributed by atoms with Gasteiger partial charge in [0.2, 0.25) is 0 Å². The highest BCUT2D eigenvalue weighted by Gasteiger charge is 2.11. The number of rotatable bonds is 6. The highest BCUT2D eigenvalue weighted by molar-refractivity contribution is 6.32. The largest absolute Gasteiger partial charge is 0.484 e. The number of carbonyl (C=O) groups excluding carboxylic acids is 1. The van der Waals surface area contributed by atoms with E-state index in [4.69, 9.17) is 20.8 Å². The van der Waals surface area contributed by atoms with Crippen molar-refractivity contribution in [3.05, 3.63) is 52.9 Å². The van der Waals surface area contributed by atoms with Crippen LogP contribution in [0.5, 0.6) is 5.75 Å². The fraction of sp³-hybridized carbons (Fsp3) is 0.267. The van der Waals surface area contributed by atoms with Crippen LogP contribution < -0.4 is 10.1 Å². The van der Waals surface area contributed by atoms with Gasteiger partial charge in [-0.05, 0) is 30.7 Å². The summed E-state index contributed by atoms with van der Waals surface area (Å²) in [6.07, 6.45) is 0.884. The number of nitrogens with one attached hydrogen (secondary N) is 1. The fourth-order valence-electron chi connectivity index (χ4n) is 1.61. The summed E-state index contributed by atoms with van der Waals surface area (Å²) >= 11 is 5.98. The first kappa shape index (κ1) is 14.5. The van der Waals surface area contributed by atoms with E-state index in [1.807, 2.05) is 19.1 Å². The second-order valence-corrected chi connectivity index (χ2v) is 4.65. The minimum Gasteiger partial charge on any atom is -0.484 e. The molecule has 2 rings (SSSR count). The van der Waals surface area contributed by atoms with E-state index in [0.29, 0.717) is 23.1 Å². The van der Waals surface area contributed by atoms with Gasteiger partial charge in [0.05, 0.1) is 5.02 Å². The Balaban J connectivity index is 1.93. The Morgan fingerprint density at radius 3 is 2.85 bits per heavy atom. The summed E-state index contributed by atoms with van der Waals surface area (Å²) in [5.41, 5.74) is 0. The van der Waals surface area contributed by atoms with Crippen molar-refractivity contribution in [1.82, 2.24) is 5.32 Å². The first-order chi connectivity index (χ1) is 9.70. The van der Waals surface area contributed by atoms with E-state index < -0.39 is 0 Å². The maximum Gasteiger partial charge on any atom is 0.286 e. The molecule has 0 bridgehead atoms. The van der Waals surface area contributed by atoms with E-state index >= 15 is 0 Å². The zero-order valence-corrected chi connectivity index (χ0v) is 11.9. The lowest BCUT2D eigenvalue weighted by molar-refractivity contribution is 0.0922. The molecule has 1 aromatic heterocycles.